The molecule has 7 nitrogen and oxygen atoms in total. The molecule has 0 unspecified atom stereocenters. The number of carbonyl (C=O) groups excluding carboxylic acids is 1. The number of nitrogens with two attached hydrogens (primary N) is 1. The number of pyridine rings is 3. The van der Waals surface area contributed by atoms with Crippen LogP contribution in [0, 0.1) is 5.82 Å². The molecule has 2 atom stereocenters. The summed E-state index contributed by atoms with van der Waals surface area (Å²) >= 11 is 0. The van der Waals surface area contributed by atoms with Crippen LogP contribution in [0.15, 0.2) is 67.3 Å². The molecule has 1 fully saturated rings. The summed E-state index contributed by atoms with van der Waals surface area (Å²) in [5.41, 5.74) is 10.7. The fraction of sp³-hybridized carbons (Fsp3) is 0.214. The predicted octanol–water partition coefficient (Wildman–Crippen LogP) is 4.98. The van der Waals surface area contributed by atoms with Crippen molar-refractivity contribution < 1.29 is 9.18 Å². The molecule has 180 valence electrons. The van der Waals surface area contributed by atoms with Crippen LogP contribution in [0.2, 0.25) is 0 Å². The Kier molecular flexibility index (Phi) is 5.65. The predicted molar refractivity (Wildman–Crippen MR) is 138 cm³/mol. The summed E-state index contributed by atoms with van der Waals surface area (Å²) < 4.78 is 15.3. The highest BCUT2D eigenvalue weighted by Crippen LogP contribution is 2.36. The van der Waals surface area contributed by atoms with Crippen LogP contribution in [0.3, 0.4) is 0 Å². The first-order valence-electron chi connectivity index (χ1n) is 12.1. The molecule has 5 aromatic rings. The van der Waals surface area contributed by atoms with Crippen LogP contribution in [0.4, 0.5) is 4.39 Å². The van der Waals surface area contributed by atoms with Gasteiger partial charge in [0.15, 0.2) is 0 Å². The Labute approximate surface area is 207 Å². The maximum absolute atomic E-state index is 15.3. The van der Waals surface area contributed by atoms with Crippen molar-refractivity contribution in [3.05, 3.63) is 78.6 Å². The van der Waals surface area contributed by atoms with Gasteiger partial charge in [0.1, 0.15) is 11.5 Å². The second-order valence-electron chi connectivity index (χ2n) is 9.29. The number of hydrogen-bond acceptors (Lipinski definition) is 5. The fourth-order valence-corrected chi connectivity index (χ4v) is 5.07. The second kappa shape index (κ2) is 9.13. The Morgan fingerprint density at radius 2 is 1.86 bits per heavy atom. The van der Waals surface area contributed by atoms with Crippen LogP contribution < -0.4 is 11.1 Å². The van der Waals surface area contributed by atoms with Crippen LogP contribution in [-0.4, -0.2) is 37.9 Å². The SMILES string of the molecule is N[C@@H]1CCCC[C@H]1NC(=O)c1ccc(-c2c(F)cnc3[nH]c4cnc(-c5cccnc5)cc4c23)cc1. The molecule has 1 aliphatic rings. The van der Waals surface area contributed by atoms with Crippen molar-refractivity contribution in [2.24, 2.45) is 5.73 Å². The minimum absolute atomic E-state index is 0.0166. The second-order valence-corrected chi connectivity index (χ2v) is 9.29. The van der Waals surface area contributed by atoms with Gasteiger partial charge in [-0.15, -0.1) is 0 Å². The lowest BCUT2D eigenvalue weighted by atomic mass is 9.91. The monoisotopic (exact) mass is 480 g/mol. The molecule has 1 aromatic carbocycles. The van der Waals surface area contributed by atoms with Crippen molar-refractivity contribution in [2.45, 2.75) is 37.8 Å². The van der Waals surface area contributed by atoms with Gasteiger partial charge in [-0.1, -0.05) is 25.0 Å². The smallest absolute Gasteiger partial charge is 0.251 e. The van der Waals surface area contributed by atoms with E-state index in [1.54, 1.807) is 42.9 Å². The van der Waals surface area contributed by atoms with Gasteiger partial charge < -0.3 is 16.0 Å². The Bertz CT molecular complexity index is 1560. The number of nitrogens with zero attached hydrogens (tertiary/aromatic N) is 3. The third kappa shape index (κ3) is 3.99. The van der Waals surface area contributed by atoms with Crippen LogP contribution in [0.25, 0.3) is 44.3 Å². The molecule has 0 saturated heterocycles. The van der Waals surface area contributed by atoms with Crippen LogP contribution in [0.1, 0.15) is 36.0 Å². The molecule has 8 heteroatoms. The summed E-state index contributed by atoms with van der Waals surface area (Å²) in [5.74, 6) is -0.600. The van der Waals surface area contributed by atoms with Gasteiger partial charge in [0.05, 0.1) is 23.6 Å². The van der Waals surface area contributed by atoms with Crippen LogP contribution >= 0.6 is 0 Å². The molecule has 4 N–H and O–H groups in total. The number of amides is 1. The Hall–Kier alpha value is -4.17. The van der Waals surface area contributed by atoms with Gasteiger partial charge in [-0.05, 0) is 48.7 Å². The zero-order valence-electron chi connectivity index (χ0n) is 19.5. The molecule has 0 spiro atoms. The van der Waals surface area contributed by atoms with E-state index in [-0.39, 0.29) is 18.0 Å². The van der Waals surface area contributed by atoms with Crippen LogP contribution in [0.5, 0.6) is 0 Å². The molecular weight excluding hydrogens is 455 g/mol. The van der Waals surface area contributed by atoms with E-state index in [1.165, 1.54) is 6.20 Å². The normalized spacial score (nSPS) is 17.9. The van der Waals surface area contributed by atoms with Gasteiger partial charge in [0, 0.05) is 51.9 Å². The van der Waals surface area contributed by atoms with Crippen molar-refractivity contribution in [1.29, 1.82) is 0 Å². The zero-order chi connectivity index (χ0) is 24.6. The number of aromatic amines is 1. The van der Waals surface area contributed by atoms with Crippen molar-refractivity contribution in [3.8, 4) is 22.4 Å². The summed E-state index contributed by atoms with van der Waals surface area (Å²) in [6, 6.07) is 12.7. The Morgan fingerprint density at radius 1 is 1.03 bits per heavy atom. The number of nitrogens with one attached hydrogen (secondary N) is 2. The van der Waals surface area contributed by atoms with E-state index in [0.29, 0.717) is 27.7 Å². The first-order valence-corrected chi connectivity index (χ1v) is 12.1. The van der Waals surface area contributed by atoms with Crippen LogP contribution in [-0.2, 0) is 0 Å². The third-order valence-corrected chi connectivity index (χ3v) is 6.99. The highest BCUT2D eigenvalue weighted by Gasteiger charge is 2.24. The van der Waals surface area contributed by atoms with E-state index in [4.69, 9.17) is 5.73 Å². The van der Waals surface area contributed by atoms with Gasteiger partial charge in [0.25, 0.3) is 5.91 Å². The van der Waals surface area contributed by atoms with Crippen molar-refractivity contribution >= 4 is 27.8 Å². The van der Waals surface area contributed by atoms with E-state index < -0.39 is 5.82 Å². The quantitative estimate of drug-likeness (QED) is 0.336. The number of rotatable bonds is 4. The molecule has 36 heavy (non-hydrogen) atoms. The van der Waals surface area contributed by atoms with Gasteiger partial charge >= 0.3 is 0 Å². The Balaban J connectivity index is 1.39. The van der Waals surface area contributed by atoms with E-state index in [1.807, 2.05) is 18.2 Å². The van der Waals surface area contributed by atoms with Crippen molar-refractivity contribution in [2.75, 3.05) is 0 Å². The minimum atomic E-state index is -0.437. The largest absolute Gasteiger partial charge is 0.348 e. The molecule has 1 amide bonds. The number of halogens is 1. The highest BCUT2D eigenvalue weighted by atomic mass is 19.1. The number of H-pyrrole nitrogens is 1. The molecule has 6 rings (SSSR count). The average molecular weight is 481 g/mol. The molecular formula is C28H25FN6O. The molecule has 4 heterocycles. The van der Waals surface area contributed by atoms with Crippen molar-refractivity contribution in [3.63, 3.8) is 0 Å². The molecule has 1 aliphatic carbocycles. The molecule has 0 aliphatic heterocycles. The lowest BCUT2D eigenvalue weighted by Gasteiger charge is -2.29. The average Bonchev–Trinajstić information content (AvgIpc) is 3.28. The highest BCUT2D eigenvalue weighted by molar-refractivity contribution is 6.13. The topological polar surface area (TPSA) is 110 Å². The number of carbonyl (C=O) groups is 1. The van der Waals surface area contributed by atoms with Gasteiger partial charge in [-0.3, -0.25) is 14.8 Å². The number of benzene rings is 1. The summed E-state index contributed by atoms with van der Waals surface area (Å²) in [6.07, 6.45) is 10.4. The zero-order valence-corrected chi connectivity index (χ0v) is 19.5. The number of aromatic nitrogens is 4. The molecule has 0 bridgehead atoms. The summed E-state index contributed by atoms with van der Waals surface area (Å²) in [4.78, 5) is 29.1. The molecule has 0 radical (unpaired) electrons. The maximum atomic E-state index is 15.3. The first-order chi connectivity index (χ1) is 17.6. The van der Waals surface area contributed by atoms with Gasteiger partial charge in [0.2, 0.25) is 0 Å². The van der Waals surface area contributed by atoms with Gasteiger partial charge in [-0.2, -0.15) is 0 Å². The van der Waals surface area contributed by atoms with E-state index >= 15 is 4.39 Å². The number of hydrogen-bond donors (Lipinski definition) is 3. The van der Waals surface area contributed by atoms with Gasteiger partial charge in [-0.25, -0.2) is 9.37 Å². The Morgan fingerprint density at radius 3 is 2.64 bits per heavy atom. The minimum Gasteiger partial charge on any atom is -0.348 e. The fourth-order valence-electron chi connectivity index (χ4n) is 5.07. The standard InChI is InChI=1S/C28H25FN6O/c29-20-14-33-27-26(19-12-23(32-15-24(19)34-27)18-4-3-11-31-13-18)25(20)16-7-9-17(10-8-16)28(36)35-22-6-2-1-5-21(22)30/h3-4,7-15,21-22H,1-2,5-6,30H2,(H,33,34)(H,35,36)/t21-,22-/m1/s1. The third-order valence-electron chi connectivity index (χ3n) is 6.99. The van der Waals surface area contributed by atoms with E-state index in [0.717, 1.165) is 47.8 Å². The van der Waals surface area contributed by atoms with E-state index in [2.05, 4.69) is 25.3 Å². The first kappa shape index (κ1) is 22.3. The molecule has 1 saturated carbocycles. The number of fused-ring (bicyclic) bond motifs is 3. The van der Waals surface area contributed by atoms with E-state index in [9.17, 15) is 4.79 Å². The lowest BCUT2D eigenvalue weighted by Crippen LogP contribution is -2.49. The summed E-state index contributed by atoms with van der Waals surface area (Å²) in [5, 5.41) is 4.55. The van der Waals surface area contributed by atoms with Crippen molar-refractivity contribution in [1.82, 2.24) is 25.3 Å². The molecule has 4 aromatic heterocycles. The summed E-state index contributed by atoms with van der Waals surface area (Å²) in [6.45, 7) is 0. The lowest BCUT2D eigenvalue weighted by molar-refractivity contribution is 0.0921. The summed E-state index contributed by atoms with van der Waals surface area (Å²) in [7, 11) is 0. The maximum Gasteiger partial charge on any atom is 0.251 e.